The van der Waals surface area contributed by atoms with Crippen LogP contribution in [0.3, 0.4) is 0 Å². The molecule has 2 aromatic heterocycles. The van der Waals surface area contributed by atoms with Crippen molar-refractivity contribution in [2.75, 3.05) is 0 Å². The van der Waals surface area contributed by atoms with Crippen LogP contribution in [0.25, 0.3) is 5.69 Å². The van der Waals surface area contributed by atoms with E-state index in [0.29, 0.717) is 24.5 Å². The van der Waals surface area contributed by atoms with Crippen molar-refractivity contribution >= 4 is 11.6 Å². The van der Waals surface area contributed by atoms with Gasteiger partial charge >= 0.3 is 0 Å². The van der Waals surface area contributed by atoms with Crippen molar-refractivity contribution in [2.45, 2.75) is 33.9 Å². The van der Waals surface area contributed by atoms with Gasteiger partial charge in [0.15, 0.2) is 5.69 Å². The van der Waals surface area contributed by atoms with Crippen LogP contribution in [0, 0.1) is 30.9 Å². The number of benzene rings is 2. The molecule has 1 amide bonds. The maximum Gasteiger partial charge on any atom is 0.274 e. The lowest BCUT2D eigenvalue weighted by molar-refractivity contribution is -0.384. The maximum absolute atomic E-state index is 12.7. The molecule has 0 fully saturated rings. The predicted octanol–water partition coefficient (Wildman–Crippen LogP) is 3.28. The summed E-state index contributed by atoms with van der Waals surface area (Å²) in [7, 11) is 0. The van der Waals surface area contributed by atoms with Crippen molar-refractivity contribution in [3.8, 4) is 5.69 Å². The van der Waals surface area contributed by atoms with Gasteiger partial charge in [-0.15, -0.1) is 5.10 Å². The van der Waals surface area contributed by atoms with E-state index in [4.69, 9.17) is 0 Å². The number of aromatic nitrogens is 5. The van der Waals surface area contributed by atoms with Crippen LogP contribution in [0.2, 0.25) is 0 Å². The van der Waals surface area contributed by atoms with E-state index in [-0.39, 0.29) is 17.3 Å². The highest BCUT2D eigenvalue weighted by Crippen LogP contribution is 2.18. The zero-order chi connectivity index (χ0) is 23.5. The number of amides is 1. The van der Waals surface area contributed by atoms with Crippen LogP contribution in [0.15, 0.2) is 54.6 Å². The van der Waals surface area contributed by atoms with E-state index in [0.717, 1.165) is 22.5 Å². The molecule has 4 aromatic rings. The molecule has 33 heavy (non-hydrogen) atoms. The first-order valence-electron chi connectivity index (χ1n) is 10.4. The second-order valence-electron chi connectivity index (χ2n) is 7.80. The van der Waals surface area contributed by atoms with Crippen LogP contribution in [0.4, 0.5) is 5.69 Å². The van der Waals surface area contributed by atoms with Crippen LogP contribution >= 0.6 is 0 Å². The number of nitro benzene ring substituents is 1. The number of hydrogen-bond acceptors (Lipinski definition) is 6. The summed E-state index contributed by atoms with van der Waals surface area (Å²) in [6.45, 7) is 6.66. The Hall–Kier alpha value is -4.34. The third kappa shape index (κ3) is 4.79. The zero-order valence-corrected chi connectivity index (χ0v) is 18.5. The molecular weight excluding hydrogens is 422 g/mol. The number of hydrogen-bond donors (Lipinski definition) is 1. The lowest BCUT2D eigenvalue weighted by atomic mass is 10.1. The van der Waals surface area contributed by atoms with Gasteiger partial charge in [0.25, 0.3) is 11.6 Å². The van der Waals surface area contributed by atoms with Crippen molar-refractivity contribution in [1.29, 1.82) is 0 Å². The topological polar surface area (TPSA) is 121 Å². The molecule has 0 saturated carbocycles. The number of carbonyl (C=O) groups excluding carboxylic acids is 1. The van der Waals surface area contributed by atoms with Crippen molar-refractivity contribution in [1.82, 2.24) is 30.1 Å². The van der Waals surface area contributed by atoms with E-state index in [1.807, 2.05) is 48.9 Å². The van der Waals surface area contributed by atoms with E-state index < -0.39 is 4.92 Å². The van der Waals surface area contributed by atoms with Gasteiger partial charge in [-0.25, -0.2) is 4.68 Å². The lowest BCUT2D eigenvalue weighted by Gasteiger charge is -2.08. The van der Waals surface area contributed by atoms with Crippen molar-refractivity contribution in [2.24, 2.45) is 0 Å². The smallest absolute Gasteiger partial charge is 0.274 e. The molecule has 4 rings (SSSR count). The highest BCUT2D eigenvalue weighted by atomic mass is 16.6. The number of rotatable bonds is 7. The van der Waals surface area contributed by atoms with Crippen LogP contribution in [0.1, 0.15) is 38.7 Å². The van der Waals surface area contributed by atoms with Gasteiger partial charge in [-0.05, 0) is 44.0 Å². The summed E-state index contributed by atoms with van der Waals surface area (Å²) in [6, 6.07) is 16.0. The van der Waals surface area contributed by atoms with Gasteiger partial charge in [-0.2, -0.15) is 5.10 Å². The molecule has 1 N–H and O–H groups in total. The molecular formula is C23H23N7O3. The van der Waals surface area contributed by atoms with Gasteiger partial charge in [-0.1, -0.05) is 35.5 Å². The van der Waals surface area contributed by atoms with E-state index in [1.165, 1.54) is 16.8 Å². The Morgan fingerprint density at radius 3 is 2.55 bits per heavy atom. The first-order chi connectivity index (χ1) is 15.8. The Morgan fingerprint density at radius 2 is 1.82 bits per heavy atom. The Balaban J connectivity index is 1.45. The van der Waals surface area contributed by atoms with Gasteiger partial charge in [-0.3, -0.25) is 19.6 Å². The molecule has 10 heteroatoms. The van der Waals surface area contributed by atoms with Crippen molar-refractivity contribution in [3.05, 3.63) is 98.6 Å². The van der Waals surface area contributed by atoms with E-state index in [2.05, 4.69) is 20.7 Å². The Bertz CT molecular complexity index is 1340. The van der Waals surface area contributed by atoms with E-state index in [9.17, 15) is 14.9 Å². The van der Waals surface area contributed by atoms with Crippen LogP contribution in [0.5, 0.6) is 0 Å². The molecule has 0 radical (unpaired) electrons. The number of nitrogens with zero attached hydrogens (tertiary/aromatic N) is 6. The second-order valence-corrected chi connectivity index (χ2v) is 7.80. The molecule has 0 aliphatic heterocycles. The molecule has 0 aliphatic rings. The van der Waals surface area contributed by atoms with Gasteiger partial charge in [0.2, 0.25) is 0 Å². The molecule has 10 nitrogen and oxygen atoms in total. The number of non-ortho nitro benzene ring substituents is 1. The fourth-order valence-corrected chi connectivity index (χ4v) is 3.63. The fraction of sp³-hybridized carbons (Fsp3) is 0.217. The third-order valence-corrected chi connectivity index (χ3v) is 5.27. The van der Waals surface area contributed by atoms with Gasteiger partial charge in [0, 0.05) is 24.4 Å². The average Bonchev–Trinajstić information content (AvgIpc) is 3.33. The minimum atomic E-state index is -0.480. The Labute approximate surface area is 190 Å². The monoisotopic (exact) mass is 445 g/mol. The minimum Gasteiger partial charge on any atom is -0.347 e. The summed E-state index contributed by atoms with van der Waals surface area (Å²) >= 11 is 0. The number of carbonyl (C=O) groups is 1. The van der Waals surface area contributed by atoms with Gasteiger partial charge < -0.3 is 5.32 Å². The second kappa shape index (κ2) is 9.03. The molecule has 0 saturated heterocycles. The molecule has 0 spiro atoms. The SMILES string of the molecule is Cc1cc(C)n(Cc2cccc(CNC(=O)c3nnn(-c4cccc([N+](=O)[O-])c4)c3C)c2)n1. The molecule has 2 aromatic carbocycles. The summed E-state index contributed by atoms with van der Waals surface area (Å²) in [4.78, 5) is 23.3. The van der Waals surface area contributed by atoms with Crippen LogP contribution in [-0.2, 0) is 13.1 Å². The standard InChI is InChI=1S/C23H23N7O3/c1-15-10-16(2)28(26-15)14-19-7-4-6-18(11-19)13-24-23(31)22-17(3)29(27-25-22)20-8-5-9-21(12-20)30(32)33/h4-12H,13-14H2,1-3H3,(H,24,31). The molecule has 0 bridgehead atoms. The number of nitro groups is 1. The van der Waals surface area contributed by atoms with Gasteiger partial charge in [0.1, 0.15) is 0 Å². The van der Waals surface area contributed by atoms with E-state index in [1.54, 1.807) is 19.1 Å². The summed E-state index contributed by atoms with van der Waals surface area (Å²) in [5, 5.41) is 26.4. The number of nitrogens with one attached hydrogen (secondary N) is 1. The summed E-state index contributed by atoms with van der Waals surface area (Å²) in [6.07, 6.45) is 0. The van der Waals surface area contributed by atoms with Crippen molar-refractivity contribution < 1.29 is 9.72 Å². The Morgan fingerprint density at radius 1 is 1.06 bits per heavy atom. The summed E-state index contributed by atoms with van der Waals surface area (Å²) in [5.41, 5.74) is 5.16. The highest BCUT2D eigenvalue weighted by molar-refractivity contribution is 5.93. The average molecular weight is 445 g/mol. The third-order valence-electron chi connectivity index (χ3n) is 5.27. The normalized spacial score (nSPS) is 10.9. The summed E-state index contributed by atoms with van der Waals surface area (Å²) < 4.78 is 3.36. The quantitative estimate of drug-likeness (QED) is 0.344. The largest absolute Gasteiger partial charge is 0.347 e. The Kier molecular flexibility index (Phi) is 5.99. The maximum atomic E-state index is 12.7. The van der Waals surface area contributed by atoms with Crippen LogP contribution in [-0.4, -0.2) is 35.6 Å². The van der Waals surface area contributed by atoms with Gasteiger partial charge in [0.05, 0.1) is 28.5 Å². The highest BCUT2D eigenvalue weighted by Gasteiger charge is 2.18. The lowest BCUT2D eigenvalue weighted by Crippen LogP contribution is -2.24. The van der Waals surface area contributed by atoms with E-state index >= 15 is 0 Å². The molecule has 0 unspecified atom stereocenters. The van der Waals surface area contributed by atoms with Crippen molar-refractivity contribution in [3.63, 3.8) is 0 Å². The fourth-order valence-electron chi connectivity index (χ4n) is 3.63. The van der Waals surface area contributed by atoms with Crippen LogP contribution < -0.4 is 5.32 Å². The summed E-state index contributed by atoms with van der Waals surface area (Å²) in [5.74, 6) is -0.367. The molecule has 2 heterocycles. The minimum absolute atomic E-state index is 0.0613. The molecule has 0 atom stereocenters. The predicted molar refractivity (Wildman–Crippen MR) is 121 cm³/mol. The molecule has 168 valence electrons. The zero-order valence-electron chi connectivity index (χ0n) is 18.5. The first-order valence-corrected chi connectivity index (χ1v) is 10.4. The first kappa shape index (κ1) is 21.9. The molecule has 0 aliphatic carbocycles. The number of aryl methyl sites for hydroxylation is 2.